The molecule has 0 aliphatic carbocycles. The molecule has 1 saturated heterocycles. The molecule has 0 radical (unpaired) electrons. The Morgan fingerprint density at radius 1 is 1.04 bits per heavy atom. The fraction of sp³-hybridized carbons (Fsp3) is 0.0526. The van der Waals surface area contributed by atoms with Crippen LogP contribution in [-0.4, -0.2) is 17.0 Å². The third-order valence-corrected chi connectivity index (χ3v) is 5.44. The Bertz CT molecular complexity index is 1040. The zero-order chi connectivity index (χ0) is 17.7. The van der Waals surface area contributed by atoms with Crippen molar-refractivity contribution in [2.75, 3.05) is 6.79 Å². The second-order valence-electron chi connectivity index (χ2n) is 5.76. The van der Waals surface area contributed by atoms with Gasteiger partial charge in [0.25, 0.3) is 5.91 Å². The van der Waals surface area contributed by atoms with Crippen LogP contribution < -0.4 is 19.5 Å². The molecule has 26 heavy (non-hydrogen) atoms. The molecule has 3 heterocycles. The number of ether oxygens (including phenoxy) is 3. The molecule has 3 aliphatic heterocycles. The third kappa shape index (κ3) is 2.48. The molecule has 0 saturated carbocycles. The highest BCUT2D eigenvalue weighted by Gasteiger charge is 2.30. The molecule has 5 rings (SSSR count). The lowest BCUT2D eigenvalue weighted by molar-refractivity contribution is -0.115. The van der Waals surface area contributed by atoms with Crippen molar-refractivity contribution in [2.45, 2.75) is 0 Å². The highest BCUT2D eigenvalue weighted by molar-refractivity contribution is 8.26. The summed E-state index contributed by atoms with van der Waals surface area (Å²) in [6, 6.07) is 13.3. The molecule has 1 N–H and O–H groups in total. The molecule has 1 amide bonds. The van der Waals surface area contributed by atoms with Gasteiger partial charge in [0.1, 0.15) is 15.8 Å². The van der Waals surface area contributed by atoms with Gasteiger partial charge in [-0.2, -0.15) is 0 Å². The summed E-state index contributed by atoms with van der Waals surface area (Å²) >= 11 is 6.40. The average Bonchev–Trinajstić information content (AvgIpc) is 3.25. The van der Waals surface area contributed by atoms with Crippen molar-refractivity contribution >= 4 is 45.5 Å². The minimum Gasteiger partial charge on any atom is -0.456 e. The van der Waals surface area contributed by atoms with Crippen molar-refractivity contribution in [1.82, 2.24) is 5.32 Å². The van der Waals surface area contributed by atoms with Crippen LogP contribution in [0.15, 0.2) is 53.4 Å². The molecule has 128 valence electrons. The van der Waals surface area contributed by atoms with E-state index in [0.717, 1.165) is 16.7 Å². The Morgan fingerprint density at radius 3 is 2.73 bits per heavy atom. The molecule has 5 nitrogen and oxygen atoms in total. The van der Waals surface area contributed by atoms with Gasteiger partial charge >= 0.3 is 0 Å². The first kappa shape index (κ1) is 15.5. The minimum absolute atomic E-state index is 0.187. The maximum Gasteiger partial charge on any atom is 0.264 e. The number of thiocarbonyl (C=S) groups is 1. The first-order chi connectivity index (χ1) is 12.7. The number of nitrogens with one attached hydrogen (secondary N) is 1. The number of benzene rings is 2. The maximum absolute atomic E-state index is 12.3. The number of rotatable bonds is 1. The smallest absolute Gasteiger partial charge is 0.264 e. The van der Waals surface area contributed by atoms with Gasteiger partial charge in [-0.25, -0.2) is 0 Å². The van der Waals surface area contributed by atoms with Crippen molar-refractivity contribution in [3.8, 4) is 17.2 Å². The fourth-order valence-corrected chi connectivity index (χ4v) is 4.10. The number of carbonyl (C=O) groups excluding carboxylic acids is 1. The van der Waals surface area contributed by atoms with E-state index < -0.39 is 0 Å². The van der Waals surface area contributed by atoms with E-state index in [-0.39, 0.29) is 12.7 Å². The van der Waals surface area contributed by atoms with Crippen LogP contribution in [0.25, 0.3) is 11.3 Å². The Kier molecular flexibility index (Phi) is 3.51. The molecular formula is C19H11NO4S2. The number of para-hydroxylation sites is 1. The van der Waals surface area contributed by atoms with Gasteiger partial charge in [-0.1, -0.05) is 42.2 Å². The monoisotopic (exact) mass is 381 g/mol. The largest absolute Gasteiger partial charge is 0.456 e. The standard InChI is InChI=1S/C19H11NO4S2/c21-18-17(26-19(25)20-18)12-8-15(24-13-4-2-1-3-11(12)13)10-5-6-14-16(7-10)23-9-22-14/h1-8H,9H2,(H,20,21,25)/b17-12-. The molecule has 1 fully saturated rings. The van der Waals surface area contributed by atoms with Gasteiger partial charge in [0.15, 0.2) is 11.5 Å². The summed E-state index contributed by atoms with van der Waals surface area (Å²) in [5, 5.41) is 2.67. The van der Waals surface area contributed by atoms with Gasteiger partial charge < -0.3 is 19.5 Å². The molecule has 0 atom stereocenters. The number of hydrogen-bond acceptors (Lipinski definition) is 6. The second kappa shape index (κ2) is 5.89. The van der Waals surface area contributed by atoms with Crippen LogP contribution in [0.1, 0.15) is 11.1 Å². The van der Waals surface area contributed by atoms with Gasteiger partial charge in [-0.05, 0) is 30.3 Å². The van der Waals surface area contributed by atoms with Crippen molar-refractivity contribution in [3.05, 3.63) is 64.6 Å². The van der Waals surface area contributed by atoms with Crippen LogP contribution in [0.5, 0.6) is 17.2 Å². The van der Waals surface area contributed by atoms with Crippen LogP contribution in [0.3, 0.4) is 0 Å². The molecule has 0 unspecified atom stereocenters. The predicted octanol–water partition coefficient (Wildman–Crippen LogP) is 3.71. The number of amides is 1. The van der Waals surface area contributed by atoms with E-state index in [0.29, 0.717) is 32.2 Å². The van der Waals surface area contributed by atoms with Gasteiger partial charge in [-0.15, -0.1) is 0 Å². The van der Waals surface area contributed by atoms with Crippen LogP contribution >= 0.6 is 24.0 Å². The fourth-order valence-electron chi connectivity index (χ4n) is 3.01. The van der Waals surface area contributed by atoms with E-state index in [1.165, 1.54) is 11.8 Å². The van der Waals surface area contributed by atoms with Crippen LogP contribution in [-0.2, 0) is 4.79 Å². The summed E-state index contributed by atoms with van der Waals surface area (Å²) in [5.41, 5.74) is 2.49. The third-order valence-electron chi connectivity index (χ3n) is 4.19. The zero-order valence-electron chi connectivity index (χ0n) is 13.3. The van der Waals surface area contributed by atoms with E-state index >= 15 is 0 Å². The summed E-state index contributed by atoms with van der Waals surface area (Å²) in [4.78, 5) is 12.9. The number of thioether (sulfide) groups is 1. The summed E-state index contributed by atoms with van der Waals surface area (Å²) in [6.45, 7) is 0.213. The van der Waals surface area contributed by atoms with E-state index in [9.17, 15) is 4.79 Å². The van der Waals surface area contributed by atoms with Crippen molar-refractivity contribution < 1.29 is 19.0 Å². The quantitative estimate of drug-likeness (QED) is 0.600. The van der Waals surface area contributed by atoms with Gasteiger partial charge in [0.05, 0.1) is 4.91 Å². The first-order valence-corrected chi connectivity index (χ1v) is 9.08. The topological polar surface area (TPSA) is 56.8 Å². The first-order valence-electron chi connectivity index (χ1n) is 7.85. The Balaban J connectivity index is 1.67. The lowest BCUT2D eigenvalue weighted by atomic mass is 9.98. The highest BCUT2D eigenvalue weighted by atomic mass is 32.2. The van der Waals surface area contributed by atoms with E-state index in [4.69, 9.17) is 26.4 Å². The van der Waals surface area contributed by atoms with E-state index in [1.807, 2.05) is 48.5 Å². The van der Waals surface area contributed by atoms with Crippen LogP contribution in [0, 0.1) is 0 Å². The minimum atomic E-state index is -0.187. The second-order valence-corrected chi connectivity index (χ2v) is 7.45. The number of allylic oxidation sites excluding steroid dienone is 2. The van der Waals surface area contributed by atoms with Gasteiger partial charge in [0, 0.05) is 16.7 Å². The molecule has 0 aromatic heterocycles. The van der Waals surface area contributed by atoms with Gasteiger partial charge in [-0.3, -0.25) is 4.79 Å². The Hall–Kier alpha value is -2.77. The SMILES string of the molecule is O=C1NC(=S)S/C1=C1/C=C(c2ccc3c(c2)OCO3)Oc2ccccc21. The predicted molar refractivity (Wildman–Crippen MR) is 103 cm³/mol. The maximum atomic E-state index is 12.3. The summed E-state index contributed by atoms with van der Waals surface area (Å²) < 4.78 is 17.4. The molecule has 0 spiro atoms. The lowest BCUT2D eigenvalue weighted by Gasteiger charge is -2.21. The van der Waals surface area contributed by atoms with E-state index in [1.54, 1.807) is 0 Å². The van der Waals surface area contributed by atoms with Crippen LogP contribution in [0.2, 0.25) is 0 Å². The Morgan fingerprint density at radius 2 is 1.88 bits per heavy atom. The van der Waals surface area contributed by atoms with Crippen LogP contribution in [0.4, 0.5) is 0 Å². The lowest BCUT2D eigenvalue weighted by Crippen LogP contribution is -2.18. The summed E-state index contributed by atoms with van der Waals surface area (Å²) in [5.74, 6) is 2.52. The van der Waals surface area contributed by atoms with Gasteiger partial charge in [0.2, 0.25) is 6.79 Å². The highest BCUT2D eigenvalue weighted by Crippen LogP contribution is 2.43. The molecule has 2 aromatic rings. The van der Waals surface area contributed by atoms with E-state index in [2.05, 4.69) is 5.32 Å². The average molecular weight is 381 g/mol. The van der Waals surface area contributed by atoms with Crippen molar-refractivity contribution in [1.29, 1.82) is 0 Å². The number of hydrogen-bond donors (Lipinski definition) is 1. The normalized spacial score (nSPS) is 20.4. The number of carbonyl (C=O) groups is 1. The molecule has 7 heteroatoms. The molecule has 3 aliphatic rings. The summed E-state index contributed by atoms with van der Waals surface area (Å²) in [7, 11) is 0. The molecular weight excluding hydrogens is 370 g/mol. The zero-order valence-corrected chi connectivity index (χ0v) is 14.9. The summed E-state index contributed by atoms with van der Waals surface area (Å²) in [6.07, 6.45) is 1.87. The molecule has 0 bridgehead atoms. The Labute approximate surface area is 158 Å². The van der Waals surface area contributed by atoms with Crippen molar-refractivity contribution in [3.63, 3.8) is 0 Å². The molecule has 2 aromatic carbocycles. The van der Waals surface area contributed by atoms with Crippen molar-refractivity contribution in [2.24, 2.45) is 0 Å². The number of fused-ring (bicyclic) bond motifs is 2.